The highest BCUT2D eigenvalue weighted by atomic mass is 32.1. The molecule has 0 spiro atoms. The molecule has 0 atom stereocenters. The maximum absolute atomic E-state index is 12.2. The molecule has 0 radical (unpaired) electrons. The Bertz CT molecular complexity index is 513. The lowest BCUT2D eigenvalue weighted by Gasteiger charge is -2.35. The van der Waals surface area contributed by atoms with E-state index in [9.17, 15) is 9.59 Å². The minimum atomic E-state index is -0.421. The van der Waals surface area contributed by atoms with E-state index in [4.69, 9.17) is 5.73 Å². The fraction of sp³-hybridized carbons (Fsp3) is 0.462. The Kier molecular flexibility index (Phi) is 4.39. The van der Waals surface area contributed by atoms with Gasteiger partial charge in [0.15, 0.2) is 5.11 Å². The predicted molar refractivity (Wildman–Crippen MR) is 79.7 cm³/mol. The second-order valence-corrected chi connectivity index (χ2v) is 5.36. The topological polar surface area (TPSA) is 78.7 Å². The average Bonchev–Trinajstić information content (AvgIpc) is 2.37. The molecule has 20 heavy (non-hydrogen) atoms. The quantitative estimate of drug-likeness (QED) is 0.698. The molecule has 1 saturated heterocycles. The number of nitrogens with zero attached hydrogens (tertiary/aromatic N) is 2. The van der Waals surface area contributed by atoms with E-state index >= 15 is 0 Å². The van der Waals surface area contributed by atoms with Crippen LogP contribution >= 0.6 is 12.2 Å². The smallest absolute Gasteiger partial charge is 0.324 e. The van der Waals surface area contributed by atoms with Crippen LogP contribution in [0.15, 0.2) is 23.4 Å². The Morgan fingerprint density at radius 3 is 2.80 bits per heavy atom. The number of nitrogens with one attached hydrogen (secondary N) is 1. The molecule has 1 aliphatic heterocycles. The summed E-state index contributed by atoms with van der Waals surface area (Å²) >= 11 is 4.62. The molecule has 2 rings (SSSR count). The largest absolute Gasteiger partial charge is 0.376 e. The highest BCUT2D eigenvalue weighted by Crippen LogP contribution is 2.21. The Hall–Kier alpha value is -1.89. The molecule has 0 aromatic rings. The van der Waals surface area contributed by atoms with Crippen LogP contribution in [0.5, 0.6) is 0 Å². The second-order valence-electron chi connectivity index (χ2n) is 4.92. The van der Waals surface area contributed by atoms with Gasteiger partial charge in [-0.1, -0.05) is 11.6 Å². The fourth-order valence-electron chi connectivity index (χ4n) is 2.32. The molecule has 7 heteroatoms. The Morgan fingerprint density at radius 2 is 2.20 bits per heavy atom. The number of carbonyl (C=O) groups is 2. The van der Waals surface area contributed by atoms with Crippen LogP contribution in [0, 0.1) is 0 Å². The molecule has 0 bridgehead atoms. The molecule has 108 valence electrons. The number of thiocarbonyl (C=S) groups is 1. The summed E-state index contributed by atoms with van der Waals surface area (Å²) in [5, 5.41) is 2.25. The van der Waals surface area contributed by atoms with Crippen molar-refractivity contribution in [2.45, 2.75) is 19.8 Å². The van der Waals surface area contributed by atoms with Gasteiger partial charge in [-0.2, -0.15) is 0 Å². The number of rotatable bonds is 1. The molecular weight excluding hydrogens is 276 g/mol. The highest BCUT2D eigenvalue weighted by Gasteiger charge is 2.29. The van der Waals surface area contributed by atoms with Crippen LogP contribution in [-0.4, -0.2) is 46.5 Å². The number of carbonyl (C=O) groups excluding carboxylic acids is 2. The van der Waals surface area contributed by atoms with Crippen LogP contribution in [0.2, 0.25) is 0 Å². The van der Waals surface area contributed by atoms with E-state index in [0.717, 1.165) is 18.5 Å². The first-order valence-corrected chi connectivity index (χ1v) is 6.91. The number of nitrogens with two attached hydrogens (primary N) is 1. The van der Waals surface area contributed by atoms with Crippen LogP contribution in [0.25, 0.3) is 0 Å². The van der Waals surface area contributed by atoms with Crippen molar-refractivity contribution in [2.24, 2.45) is 5.73 Å². The molecular formula is C13H18N4O2S. The molecule has 3 amide bonds. The fourth-order valence-corrected chi connectivity index (χ4v) is 2.41. The van der Waals surface area contributed by atoms with Crippen LogP contribution in [-0.2, 0) is 4.79 Å². The van der Waals surface area contributed by atoms with E-state index in [2.05, 4.69) is 30.5 Å². The lowest BCUT2D eigenvalue weighted by atomic mass is 10.0. The van der Waals surface area contributed by atoms with Crippen LogP contribution in [0.3, 0.4) is 0 Å². The number of piperazine rings is 1. The van der Waals surface area contributed by atoms with Gasteiger partial charge in [0.2, 0.25) is 5.91 Å². The van der Waals surface area contributed by atoms with Gasteiger partial charge >= 0.3 is 6.03 Å². The molecule has 1 aliphatic carbocycles. The predicted octanol–water partition coefficient (Wildman–Crippen LogP) is 0.708. The van der Waals surface area contributed by atoms with Gasteiger partial charge in [-0.15, -0.1) is 0 Å². The van der Waals surface area contributed by atoms with E-state index in [0.29, 0.717) is 13.1 Å². The van der Waals surface area contributed by atoms with Crippen molar-refractivity contribution >= 4 is 29.3 Å². The van der Waals surface area contributed by atoms with E-state index in [1.165, 1.54) is 10.5 Å². The summed E-state index contributed by atoms with van der Waals surface area (Å²) < 4.78 is 0. The minimum Gasteiger partial charge on any atom is -0.376 e. The standard InChI is InChI=1S/C13H18N4O2S/c1-9-3-2-4-10(7-9)17-6-5-16(8-11(17)18)13(19)15-12(14)20/h4,7H,2-3,5-6,8H2,1H3,(H3,14,15,19,20). The molecule has 3 N–H and O–H groups in total. The van der Waals surface area contributed by atoms with Crippen LogP contribution < -0.4 is 11.1 Å². The van der Waals surface area contributed by atoms with Crippen molar-refractivity contribution in [3.05, 3.63) is 23.4 Å². The highest BCUT2D eigenvalue weighted by molar-refractivity contribution is 7.80. The third-order valence-electron chi connectivity index (χ3n) is 3.34. The number of hydrogen-bond donors (Lipinski definition) is 2. The van der Waals surface area contributed by atoms with E-state index < -0.39 is 6.03 Å². The molecule has 0 aromatic carbocycles. The second kappa shape index (κ2) is 6.04. The number of hydrogen-bond acceptors (Lipinski definition) is 3. The summed E-state index contributed by atoms with van der Waals surface area (Å²) in [5.74, 6) is -0.0912. The average molecular weight is 294 g/mol. The summed E-state index contributed by atoms with van der Waals surface area (Å²) in [6.07, 6.45) is 6.09. The summed E-state index contributed by atoms with van der Waals surface area (Å²) in [6.45, 7) is 3.05. The maximum atomic E-state index is 12.2. The van der Waals surface area contributed by atoms with Gasteiger partial charge in [-0.05, 0) is 38.1 Å². The summed E-state index contributed by atoms with van der Waals surface area (Å²) in [5.41, 5.74) is 7.46. The summed E-state index contributed by atoms with van der Waals surface area (Å²) in [6, 6.07) is -0.421. The van der Waals surface area contributed by atoms with E-state index in [1.54, 1.807) is 4.90 Å². The van der Waals surface area contributed by atoms with Crippen molar-refractivity contribution in [2.75, 3.05) is 19.6 Å². The van der Waals surface area contributed by atoms with Gasteiger partial charge < -0.3 is 15.5 Å². The van der Waals surface area contributed by atoms with Crippen molar-refractivity contribution in [3.8, 4) is 0 Å². The third-order valence-corrected chi connectivity index (χ3v) is 3.44. The Morgan fingerprint density at radius 1 is 1.45 bits per heavy atom. The summed E-state index contributed by atoms with van der Waals surface area (Å²) in [7, 11) is 0. The first kappa shape index (κ1) is 14.5. The molecule has 1 fully saturated rings. The molecule has 0 unspecified atom stereocenters. The lowest BCUT2D eigenvalue weighted by Crippen LogP contribution is -2.55. The van der Waals surface area contributed by atoms with Crippen molar-refractivity contribution in [3.63, 3.8) is 0 Å². The Balaban J connectivity index is 1.99. The zero-order valence-corrected chi connectivity index (χ0v) is 12.2. The molecule has 2 aliphatic rings. The first-order valence-electron chi connectivity index (χ1n) is 6.50. The molecule has 6 nitrogen and oxygen atoms in total. The monoisotopic (exact) mass is 294 g/mol. The van der Waals surface area contributed by atoms with Gasteiger partial charge in [-0.25, -0.2) is 4.79 Å². The zero-order valence-electron chi connectivity index (χ0n) is 11.4. The first-order chi connectivity index (χ1) is 9.47. The molecule has 0 saturated carbocycles. The maximum Gasteiger partial charge on any atom is 0.324 e. The van der Waals surface area contributed by atoms with E-state index in [1.807, 2.05) is 6.08 Å². The number of allylic oxidation sites excluding steroid dienone is 3. The third kappa shape index (κ3) is 3.36. The molecule has 0 aromatic heterocycles. The number of amides is 3. The van der Waals surface area contributed by atoms with Crippen molar-refractivity contribution in [1.82, 2.24) is 15.1 Å². The Labute approximate surface area is 123 Å². The van der Waals surface area contributed by atoms with Crippen molar-refractivity contribution in [1.29, 1.82) is 0 Å². The number of urea groups is 1. The lowest BCUT2D eigenvalue weighted by molar-refractivity contribution is -0.132. The van der Waals surface area contributed by atoms with Crippen LogP contribution in [0.1, 0.15) is 19.8 Å². The zero-order chi connectivity index (χ0) is 14.7. The van der Waals surface area contributed by atoms with Gasteiger partial charge in [0.25, 0.3) is 0 Å². The van der Waals surface area contributed by atoms with E-state index in [-0.39, 0.29) is 17.6 Å². The van der Waals surface area contributed by atoms with Gasteiger partial charge in [0, 0.05) is 18.8 Å². The SMILES string of the molecule is CC1=CC(N2CCN(C(=O)NC(N)=S)CC2=O)=CCC1. The van der Waals surface area contributed by atoms with Crippen LogP contribution in [0.4, 0.5) is 4.79 Å². The van der Waals surface area contributed by atoms with Gasteiger partial charge in [0.1, 0.15) is 6.54 Å². The van der Waals surface area contributed by atoms with Gasteiger partial charge in [0.05, 0.1) is 0 Å². The minimum absolute atomic E-state index is 0.0404. The normalized spacial score (nSPS) is 19.4. The van der Waals surface area contributed by atoms with Crippen molar-refractivity contribution < 1.29 is 9.59 Å². The molecule has 1 heterocycles. The van der Waals surface area contributed by atoms with Gasteiger partial charge in [-0.3, -0.25) is 10.1 Å². The summed E-state index contributed by atoms with van der Waals surface area (Å²) in [4.78, 5) is 27.1.